The fourth-order valence-corrected chi connectivity index (χ4v) is 2.80. The van der Waals surface area contributed by atoms with Crippen molar-refractivity contribution in [1.82, 2.24) is 25.8 Å². The Balaban J connectivity index is 0.00000784. The Morgan fingerprint density at radius 1 is 1.21 bits per heavy atom. The van der Waals surface area contributed by atoms with Crippen molar-refractivity contribution in [3.05, 3.63) is 0 Å². The van der Waals surface area contributed by atoms with Crippen LogP contribution in [0.25, 0.3) is 0 Å². The fraction of sp³-hybridized carbons (Fsp3) is 0.824. The zero-order valence-corrected chi connectivity index (χ0v) is 19.5. The number of alkyl halides is 3. The van der Waals surface area contributed by atoms with Crippen LogP contribution in [0.1, 0.15) is 26.2 Å². The van der Waals surface area contributed by atoms with Gasteiger partial charge >= 0.3 is 6.18 Å². The second kappa shape index (κ2) is 13.8. The van der Waals surface area contributed by atoms with E-state index in [1.54, 1.807) is 0 Å². The average molecular weight is 536 g/mol. The van der Waals surface area contributed by atoms with Crippen LogP contribution in [0, 0.1) is 0 Å². The molecule has 1 heterocycles. The molecule has 0 saturated carbocycles. The van der Waals surface area contributed by atoms with E-state index in [9.17, 15) is 22.8 Å². The lowest BCUT2D eigenvalue weighted by Gasteiger charge is -2.32. The topological polar surface area (TPSA) is 89.1 Å². The minimum absolute atomic E-state index is 0. The highest BCUT2D eigenvalue weighted by Gasteiger charge is 2.31. The Labute approximate surface area is 187 Å². The number of nitrogens with one attached hydrogen (secondary N) is 3. The lowest BCUT2D eigenvalue weighted by Crippen LogP contribution is -2.51. The standard InChI is InChI=1S/C17H31F3N6O2.HI/c1-4-7-22-14(27)11-26-8-5-13(6-9-26)24-16(21-2)23-10-15(28)25(3)12-17(18,19)20;/h13H,4-12H2,1-3H3,(H,22,27)(H2,21,23,24);1H. The third kappa shape index (κ3) is 12.1. The van der Waals surface area contributed by atoms with Crippen molar-refractivity contribution in [3.8, 4) is 0 Å². The van der Waals surface area contributed by atoms with Crippen molar-refractivity contribution in [2.24, 2.45) is 4.99 Å². The van der Waals surface area contributed by atoms with Gasteiger partial charge in [0.25, 0.3) is 0 Å². The van der Waals surface area contributed by atoms with Crippen molar-refractivity contribution >= 4 is 41.8 Å². The summed E-state index contributed by atoms with van der Waals surface area (Å²) in [5, 5.41) is 8.78. The van der Waals surface area contributed by atoms with Crippen LogP contribution in [0.2, 0.25) is 0 Å². The molecule has 0 unspecified atom stereocenters. The van der Waals surface area contributed by atoms with Crippen molar-refractivity contribution in [2.45, 2.75) is 38.4 Å². The molecule has 0 aromatic heterocycles. The van der Waals surface area contributed by atoms with Crippen molar-refractivity contribution < 1.29 is 22.8 Å². The summed E-state index contributed by atoms with van der Waals surface area (Å²) in [6.45, 7) is 2.99. The van der Waals surface area contributed by atoms with E-state index in [1.165, 1.54) is 7.05 Å². The largest absolute Gasteiger partial charge is 0.406 e. The fourth-order valence-electron chi connectivity index (χ4n) is 2.80. The van der Waals surface area contributed by atoms with Crippen LogP contribution in [0.3, 0.4) is 0 Å². The van der Waals surface area contributed by atoms with Crippen LogP contribution in [0.4, 0.5) is 13.2 Å². The number of nitrogens with zero attached hydrogens (tertiary/aromatic N) is 3. The predicted octanol–water partition coefficient (Wildman–Crippen LogP) is 0.781. The van der Waals surface area contributed by atoms with E-state index in [4.69, 9.17) is 0 Å². The maximum absolute atomic E-state index is 12.3. The summed E-state index contributed by atoms with van der Waals surface area (Å²) in [4.78, 5) is 30.3. The highest BCUT2D eigenvalue weighted by Crippen LogP contribution is 2.15. The maximum atomic E-state index is 12.3. The summed E-state index contributed by atoms with van der Waals surface area (Å²) >= 11 is 0. The molecule has 1 fully saturated rings. The number of amides is 2. The normalized spacial score (nSPS) is 16.0. The van der Waals surface area contributed by atoms with Gasteiger partial charge in [-0.1, -0.05) is 6.92 Å². The predicted molar refractivity (Wildman–Crippen MR) is 116 cm³/mol. The molecule has 12 heteroatoms. The zero-order valence-electron chi connectivity index (χ0n) is 17.1. The van der Waals surface area contributed by atoms with Crippen molar-refractivity contribution in [2.75, 3.05) is 53.4 Å². The maximum Gasteiger partial charge on any atom is 0.406 e. The molecule has 1 aliphatic heterocycles. The van der Waals surface area contributed by atoms with E-state index in [-0.39, 0.29) is 42.5 Å². The summed E-state index contributed by atoms with van der Waals surface area (Å²) < 4.78 is 37.0. The molecule has 0 atom stereocenters. The monoisotopic (exact) mass is 536 g/mol. The molecule has 0 spiro atoms. The Bertz CT molecular complexity index is 540. The van der Waals surface area contributed by atoms with Crippen LogP contribution in [-0.4, -0.2) is 93.2 Å². The lowest BCUT2D eigenvalue weighted by molar-refractivity contribution is -0.157. The molecule has 170 valence electrons. The number of likely N-dealkylation sites (N-methyl/N-ethyl adjacent to an activating group) is 1. The number of carbonyl (C=O) groups excluding carboxylic acids is 2. The molecule has 1 aliphatic rings. The molecular formula is C17H32F3IN6O2. The van der Waals surface area contributed by atoms with Crippen LogP contribution in [0.15, 0.2) is 4.99 Å². The third-order valence-corrected chi connectivity index (χ3v) is 4.34. The smallest absolute Gasteiger partial charge is 0.355 e. The molecule has 1 saturated heterocycles. The molecular weight excluding hydrogens is 504 g/mol. The number of guanidine groups is 1. The van der Waals surface area contributed by atoms with E-state index >= 15 is 0 Å². The minimum atomic E-state index is -4.42. The zero-order chi connectivity index (χ0) is 21.2. The second-order valence-corrected chi connectivity index (χ2v) is 6.84. The second-order valence-electron chi connectivity index (χ2n) is 6.84. The van der Waals surface area contributed by atoms with Gasteiger partial charge in [-0.15, -0.1) is 24.0 Å². The van der Waals surface area contributed by atoms with Crippen LogP contribution in [-0.2, 0) is 9.59 Å². The lowest BCUT2D eigenvalue weighted by atomic mass is 10.1. The number of aliphatic imine (C=N–C) groups is 1. The molecule has 0 bridgehead atoms. The van der Waals surface area contributed by atoms with Crippen molar-refractivity contribution in [3.63, 3.8) is 0 Å². The third-order valence-electron chi connectivity index (χ3n) is 4.34. The van der Waals surface area contributed by atoms with Gasteiger partial charge in [-0.25, -0.2) is 0 Å². The van der Waals surface area contributed by atoms with E-state index in [2.05, 4.69) is 25.8 Å². The van der Waals surface area contributed by atoms with Gasteiger partial charge in [-0.2, -0.15) is 13.2 Å². The summed E-state index contributed by atoms with van der Waals surface area (Å²) in [6.07, 6.45) is -1.93. The Kier molecular flexibility index (Phi) is 13.2. The number of hydrogen-bond donors (Lipinski definition) is 3. The first-order valence-electron chi connectivity index (χ1n) is 9.41. The SMILES string of the molecule is CCCNC(=O)CN1CCC(NC(=NC)NCC(=O)N(C)CC(F)(F)F)CC1.I. The molecule has 0 aliphatic carbocycles. The Morgan fingerprint density at radius 2 is 1.83 bits per heavy atom. The molecule has 0 aromatic carbocycles. The average Bonchev–Trinajstić information content (AvgIpc) is 2.63. The quantitative estimate of drug-likeness (QED) is 0.243. The molecule has 1 rings (SSSR count). The number of likely N-dealkylation sites (tertiary alicyclic amines) is 1. The van der Waals surface area contributed by atoms with E-state index < -0.39 is 18.6 Å². The van der Waals surface area contributed by atoms with Gasteiger partial charge in [0.2, 0.25) is 11.8 Å². The summed E-state index contributed by atoms with van der Waals surface area (Å²) in [6, 6.07) is 0.115. The van der Waals surface area contributed by atoms with E-state index in [0.29, 0.717) is 23.9 Å². The van der Waals surface area contributed by atoms with Gasteiger partial charge < -0.3 is 20.9 Å². The van der Waals surface area contributed by atoms with Crippen LogP contribution < -0.4 is 16.0 Å². The van der Waals surface area contributed by atoms with E-state index in [1.807, 2.05) is 6.92 Å². The van der Waals surface area contributed by atoms with Gasteiger partial charge in [0.15, 0.2) is 5.96 Å². The van der Waals surface area contributed by atoms with Gasteiger partial charge in [-0.3, -0.25) is 19.5 Å². The number of rotatable bonds is 8. The first-order chi connectivity index (χ1) is 13.1. The molecule has 0 aromatic rings. The van der Waals surface area contributed by atoms with Gasteiger partial charge in [0.05, 0.1) is 13.1 Å². The number of hydrogen-bond acceptors (Lipinski definition) is 4. The number of piperidine rings is 1. The number of halogens is 4. The molecule has 8 nitrogen and oxygen atoms in total. The molecule has 2 amide bonds. The highest BCUT2D eigenvalue weighted by molar-refractivity contribution is 14.0. The Hall–Kier alpha value is -1.31. The van der Waals surface area contributed by atoms with E-state index in [0.717, 1.165) is 39.4 Å². The van der Waals surface area contributed by atoms with Crippen molar-refractivity contribution in [1.29, 1.82) is 0 Å². The minimum Gasteiger partial charge on any atom is -0.355 e. The first kappa shape index (κ1) is 27.7. The molecule has 3 N–H and O–H groups in total. The van der Waals surface area contributed by atoms with Crippen LogP contribution in [0.5, 0.6) is 0 Å². The van der Waals surface area contributed by atoms with Gasteiger partial charge in [0, 0.05) is 39.8 Å². The van der Waals surface area contributed by atoms with Gasteiger partial charge in [0.1, 0.15) is 6.54 Å². The summed E-state index contributed by atoms with van der Waals surface area (Å²) in [5.74, 6) is -0.284. The molecule has 29 heavy (non-hydrogen) atoms. The molecule has 0 radical (unpaired) electrons. The highest BCUT2D eigenvalue weighted by atomic mass is 127. The number of carbonyl (C=O) groups is 2. The Morgan fingerprint density at radius 3 is 2.34 bits per heavy atom. The van der Waals surface area contributed by atoms with Crippen LogP contribution >= 0.6 is 24.0 Å². The summed E-state index contributed by atoms with van der Waals surface area (Å²) in [7, 11) is 2.65. The summed E-state index contributed by atoms with van der Waals surface area (Å²) in [5.41, 5.74) is 0. The van der Waals surface area contributed by atoms with Gasteiger partial charge in [-0.05, 0) is 19.3 Å². The first-order valence-corrected chi connectivity index (χ1v) is 9.41.